The van der Waals surface area contributed by atoms with Gasteiger partial charge in [-0.25, -0.2) is 0 Å². The molecule has 1 aromatic carbocycles. The second kappa shape index (κ2) is 3.62. The maximum Gasteiger partial charge on any atom is 0.231 e. The molecule has 1 atom stereocenters. The average Bonchev–Trinajstić information content (AvgIpc) is 2.25. The van der Waals surface area contributed by atoms with Crippen LogP contribution in [0, 0.1) is 5.41 Å². The first-order chi connectivity index (χ1) is 7.46. The van der Waals surface area contributed by atoms with Gasteiger partial charge in [0.1, 0.15) is 0 Å². The number of hydrogen-bond donors (Lipinski definition) is 0. The summed E-state index contributed by atoms with van der Waals surface area (Å²) >= 11 is 0. The minimum Gasteiger partial charge on any atom is -0.332 e. The molecule has 1 amide bonds. The molecule has 2 nitrogen and oxygen atoms in total. The number of carbonyl (C=O) groups is 1. The minimum absolute atomic E-state index is 0.223. The van der Waals surface area contributed by atoms with Gasteiger partial charge in [0.2, 0.25) is 5.91 Å². The molecule has 86 valence electrons. The predicted octanol–water partition coefficient (Wildman–Crippen LogP) is 3.00. The zero-order chi connectivity index (χ0) is 11.9. The van der Waals surface area contributed by atoms with E-state index in [4.69, 9.17) is 0 Å². The number of β-lactam (4-membered cyclic amide) rings is 1. The van der Waals surface area contributed by atoms with E-state index in [9.17, 15) is 4.79 Å². The van der Waals surface area contributed by atoms with Crippen LogP contribution in [-0.2, 0) is 4.79 Å². The molecule has 1 aliphatic heterocycles. The normalized spacial score (nSPS) is 23.4. The van der Waals surface area contributed by atoms with E-state index in [-0.39, 0.29) is 23.4 Å². The van der Waals surface area contributed by atoms with E-state index in [1.807, 2.05) is 36.9 Å². The van der Waals surface area contributed by atoms with Crippen LogP contribution >= 0.6 is 0 Å². The highest BCUT2D eigenvalue weighted by atomic mass is 16.2. The third-order valence-electron chi connectivity index (χ3n) is 3.42. The van der Waals surface area contributed by atoms with Gasteiger partial charge in [-0.2, -0.15) is 0 Å². The fourth-order valence-corrected chi connectivity index (χ4v) is 2.59. The molecule has 0 aromatic heterocycles. The summed E-state index contributed by atoms with van der Waals surface area (Å²) in [6, 6.07) is 10.8. The second-order valence-electron chi connectivity index (χ2n) is 5.34. The molecule has 16 heavy (non-hydrogen) atoms. The lowest BCUT2D eigenvalue weighted by Gasteiger charge is -2.55. The fourth-order valence-electron chi connectivity index (χ4n) is 2.59. The second-order valence-corrected chi connectivity index (χ2v) is 5.34. The number of benzene rings is 1. The lowest BCUT2D eigenvalue weighted by molar-refractivity contribution is -0.172. The van der Waals surface area contributed by atoms with Gasteiger partial charge in [0, 0.05) is 6.04 Å². The molecule has 1 aliphatic rings. The van der Waals surface area contributed by atoms with Crippen molar-refractivity contribution in [3.63, 3.8) is 0 Å². The van der Waals surface area contributed by atoms with Gasteiger partial charge in [0.25, 0.3) is 0 Å². The lowest BCUT2D eigenvalue weighted by atomic mass is 9.70. The Kier molecular flexibility index (Phi) is 2.53. The monoisotopic (exact) mass is 217 g/mol. The SMILES string of the molecule is CC(C)N1C(=O)C(C)(C)C1c1ccccc1. The Morgan fingerprint density at radius 1 is 1.19 bits per heavy atom. The van der Waals surface area contributed by atoms with Gasteiger partial charge >= 0.3 is 0 Å². The minimum atomic E-state index is -0.258. The van der Waals surface area contributed by atoms with Crippen molar-refractivity contribution in [1.82, 2.24) is 4.90 Å². The quantitative estimate of drug-likeness (QED) is 0.697. The molecule has 1 unspecified atom stereocenters. The largest absolute Gasteiger partial charge is 0.332 e. The fraction of sp³-hybridized carbons (Fsp3) is 0.500. The lowest BCUT2D eigenvalue weighted by Crippen LogP contribution is -2.62. The van der Waals surface area contributed by atoms with Gasteiger partial charge in [0.15, 0.2) is 0 Å². The van der Waals surface area contributed by atoms with Crippen LogP contribution in [0.15, 0.2) is 30.3 Å². The molecule has 0 saturated carbocycles. The van der Waals surface area contributed by atoms with E-state index in [0.29, 0.717) is 0 Å². The molecular weight excluding hydrogens is 198 g/mol. The highest BCUT2D eigenvalue weighted by Crippen LogP contribution is 2.50. The number of amides is 1. The maximum absolute atomic E-state index is 12.0. The summed E-state index contributed by atoms with van der Waals surface area (Å²) in [5.41, 5.74) is 0.979. The predicted molar refractivity (Wildman–Crippen MR) is 64.9 cm³/mol. The standard InChI is InChI=1S/C14H19NO/c1-10(2)15-12(14(3,4)13(15)16)11-8-6-5-7-9-11/h5-10,12H,1-4H3. The van der Waals surface area contributed by atoms with Gasteiger partial charge in [-0.15, -0.1) is 0 Å². The highest BCUT2D eigenvalue weighted by Gasteiger charge is 2.55. The van der Waals surface area contributed by atoms with E-state index < -0.39 is 0 Å². The zero-order valence-corrected chi connectivity index (χ0v) is 10.4. The van der Waals surface area contributed by atoms with Gasteiger partial charge in [-0.3, -0.25) is 4.79 Å². The molecule has 2 heteroatoms. The van der Waals surface area contributed by atoms with Crippen LogP contribution in [0.3, 0.4) is 0 Å². The molecule has 0 N–H and O–H groups in total. The number of rotatable bonds is 2. The third kappa shape index (κ3) is 1.44. The van der Waals surface area contributed by atoms with Crippen molar-refractivity contribution < 1.29 is 4.79 Å². The van der Waals surface area contributed by atoms with Gasteiger partial charge in [0.05, 0.1) is 11.5 Å². The van der Waals surface area contributed by atoms with Crippen LogP contribution in [0.1, 0.15) is 39.3 Å². The van der Waals surface area contributed by atoms with Crippen molar-refractivity contribution in [2.24, 2.45) is 5.41 Å². The summed E-state index contributed by atoms with van der Waals surface area (Å²) in [7, 11) is 0. The first-order valence-electron chi connectivity index (χ1n) is 5.84. The van der Waals surface area contributed by atoms with E-state index in [1.54, 1.807) is 0 Å². The summed E-state index contributed by atoms with van der Waals surface area (Å²) in [4.78, 5) is 14.0. The smallest absolute Gasteiger partial charge is 0.231 e. The van der Waals surface area contributed by atoms with Gasteiger partial charge in [-0.05, 0) is 33.3 Å². The Bertz CT molecular complexity index is 394. The van der Waals surface area contributed by atoms with Crippen LogP contribution in [0.4, 0.5) is 0 Å². The Morgan fingerprint density at radius 3 is 2.25 bits per heavy atom. The summed E-state index contributed by atoms with van der Waals surface area (Å²) < 4.78 is 0. The van der Waals surface area contributed by atoms with E-state index in [2.05, 4.69) is 26.0 Å². The van der Waals surface area contributed by atoms with Crippen molar-refractivity contribution in [2.75, 3.05) is 0 Å². The van der Waals surface area contributed by atoms with Gasteiger partial charge in [-0.1, -0.05) is 30.3 Å². The molecule has 2 rings (SSSR count). The number of carbonyl (C=O) groups excluding carboxylic acids is 1. The third-order valence-corrected chi connectivity index (χ3v) is 3.42. The van der Waals surface area contributed by atoms with Crippen molar-refractivity contribution in [2.45, 2.75) is 39.8 Å². The first-order valence-corrected chi connectivity index (χ1v) is 5.84. The topological polar surface area (TPSA) is 20.3 Å². The van der Waals surface area contributed by atoms with Crippen LogP contribution in [0.25, 0.3) is 0 Å². The molecule has 1 aromatic rings. The van der Waals surface area contributed by atoms with Gasteiger partial charge < -0.3 is 4.90 Å². The molecule has 0 bridgehead atoms. The van der Waals surface area contributed by atoms with Crippen molar-refractivity contribution in [3.05, 3.63) is 35.9 Å². The van der Waals surface area contributed by atoms with E-state index in [1.165, 1.54) is 5.56 Å². The van der Waals surface area contributed by atoms with Crippen LogP contribution in [-0.4, -0.2) is 16.8 Å². The molecule has 1 fully saturated rings. The van der Waals surface area contributed by atoms with Crippen LogP contribution in [0.2, 0.25) is 0 Å². The van der Waals surface area contributed by atoms with E-state index in [0.717, 1.165) is 0 Å². The first kappa shape index (κ1) is 11.2. The summed E-state index contributed by atoms with van der Waals surface area (Å²) in [5.74, 6) is 0.261. The van der Waals surface area contributed by atoms with Crippen molar-refractivity contribution in [1.29, 1.82) is 0 Å². The molecule has 1 saturated heterocycles. The number of hydrogen-bond acceptors (Lipinski definition) is 1. The average molecular weight is 217 g/mol. The molecule has 0 aliphatic carbocycles. The molecular formula is C14H19NO. The Hall–Kier alpha value is -1.31. The van der Waals surface area contributed by atoms with E-state index >= 15 is 0 Å². The van der Waals surface area contributed by atoms with Crippen LogP contribution < -0.4 is 0 Å². The van der Waals surface area contributed by atoms with Crippen molar-refractivity contribution >= 4 is 5.91 Å². The Labute approximate surface area is 97.3 Å². The zero-order valence-electron chi connectivity index (χ0n) is 10.4. The van der Waals surface area contributed by atoms with Crippen molar-refractivity contribution in [3.8, 4) is 0 Å². The Morgan fingerprint density at radius 2 is 1.75 bits per heavy atom. The Balaban J connectivity index is 2.36. The highest BCUT2D eigenvalue weighted by molar-refractivity contribution is 5.90. The summed E-state index contributed by atoms with van der Waals surface area (Å²) in [5, 5.41) is 0. The van der Waals surface area contributed by atoms with Crippen LogP contribution in [0.5, 0.6) is 0 Å². The number of likely N-dealkylation sites (tertiary alicyclic amines) is 1. The molecule has 0 radical (unpaired) electrons. The number of nitrogens with zero attached hydrogens (tertiary/aromatic N) is 1. The molecule has 0 spiro atoms. The maximum atomic E-state index is 12.0. The summed E-state index contributed by atoms with van der Waals surface area (Å²) in [6.07, 6.45) is 0. The summed E-state index contributed by atoms with van der Waals surface area (Å²) in [6.45, 7) is 8.21. The molecule has 1 heterocycles.